The van der Waals surface area contributed by atoms with Crippen molar-refractivity contribution < 1.29 is 13.2 Å². The van der Waals surface area contributed by atoms with Crippen LogP contribution < -0.4 is 0 Å². The van der Waals surface area contributed by atoms with Crippen LogP contribution in [0.1, 0.15) is 17.3 Å². The molecule has 1 fully saturated rings. The third-order valence-electron chi connectivity index (χ3n) is 3.55. The molecule has 1 aromatic rings. The van der Waals surface area contributed by atoms with Crippen molar-refractivity contribution >= 4 is 15.8 Å². The molecule has 20 heavy (non-hydrogen) atoms. The normalized spacial score (nSPS) is 18.1. The van der Waals surface area contributed by atoms with Gasteiger partial charge in [0.2, 0.25) is 10.0 Å². The van der Waals surface area contributed by atoms with E-state index in [0.717, 1.165) is 0 Å². The molecule has 0 radical (unpaired) electrons. The number of nitrogens with zero attached hydrogens (tertiary/aromatic N) is 2. The number of carbonyl (C=O) groups excluding carboxylic acids is 1. The zero-order valence-electron chi connectivity index (χ0n) is 11.7. The van der Waals surface area contributed by atoms with E-state index in [-0.39, 0.29) is 11.5 Å². The Kier molecular flexibility index (Phi) is 4.91. The molecule has 1 aromatic carbocycles. The van der Waals surface area contributed by atoms with Gasteiger partial charge in [-0.3, -0.25) is 9.69 Å². The number of ketones is 1. The topological polar surface area (TPSA) is 57.7 Å². The third-order valence-corrected chi connectivity index (χ3v) is 5.43. The molecule has 0 atom stereocenters. The van der Waals surface area contributed by atoms with E-state index in [1.807, 2.05) is 23.1 Å². The van der Waals surface area contributed by atoms with Crippen LogP contribution in [0.15, 0.2) is 30.3 Å². The van der Waals surface area contributed by atoms with Crippen molar-refractivity contribution in [3.63, 3.8) is 0 Å². The predicted octanol–water partition coefficient (Wildman–Crippen LogP) is 0.837. The van der Waals surface area contributed by atoms with Crippen LogP contribution in [0.3, 0.4) is 0 Å². The summed E-state index contributed by atoms with van der Waals surface area (Å²) in [6.45, 7) is 4.16. The molecule has 0 N–H and O–H groups in total. The van der Waals surface area contributed by atoms with Gasteiger partial charge in [0, 0.05) is 31.7 Å². The van der Waals surface area contributed by atoms with Gasteiger partial charge in [-0.25, -0.2) is 8.42 Å². The van der Waals surface area contributed by atoms with Crippen LogP contribution in [0.2, 0.25) is 0 Å². The number of rotatable bonds is 5. The number of carbonyl (C=O) groups is 1. The Morgan fingerprint density at radius 2 is 1.70 bits per heavy atom. The molecule has 0 spiro atoms. The lowest BCUT2D eigenvalue weighted by Crippen LogP contribution is -2.50. The summed E-state index contributed by atoms with van der Waals surface area (Å²) in [5.41, 5.74) is 0.705. The number of hydrogen-bond donors (Lipinski definition) is 0. The molecule has 1 aliphatic rings. The molecule has 1 saturated heterocycles. The molecular weight excluding hydrogens is 276 g/mol. The first-order valence-corrected chi connectivity index (χ1v) is 8.42. The molecule has 0 aromatic heterocycles. The summed E-state index contributed by atoms with van der Waals surface area (Å²) < 4.78 is 25.0. The quantitative estimate of drug-likeness (QED) is 0.756. The number of hydrogen-bond acceptors (Lipinski definition) is 4. The lowest BCUT2D eigenvalue weighted by molar-refractivity contribution is 0.0902. The Morgan fingerprint density at radius 1 is 1.10 bits per heavy atom. The summed E-state index contributed by atoms with van der Waals surface area (Å²) in [6, 6.07) is 9.18. The molecule has 5 nitrogen and oxygen atoms in total. The predicted molar refractivity (Wildman–Crippen MR) is 78.2 cm³/mol. The number of Topliss-reactive ketones (excluding diaryl/α,β-unsaturated/α-hetero) is 1. The Hall–Kier alpha value is -1.24. The van der Waals surface area contributed by atoms with E-state index in [1.165, 1.54) is 4.31 Å². The maximum atomic E-state index is 12.1. The molecule has 6 heteroatoms. The van der Waals surface area contributed by atoms with Crippen molar-refractivity contribution in [3.05, 3.63) is 35.9 Å². The first kappa shape index (κ1) is 15.2. The van der Waals surface area contributed by atoms with Crippen LogP contribution in [-0.4, -0.2) is 61.9 Å². The van der Waals surface area contributed by atoms with E-state index in [9.17, 15) is 13.2 Å². The summed E-state index contributed by atoms with van der Waals surface area (Å²) in [7, 11) is -3.10. The minimum absolute atomic E-state index is 0.0809. The van der Waals surface area contributed by atoms with Crippen LogP contribution in [-0.2, 0) is 10.0 Å². The second kappa shape index (κ2) is 6.47. The molecule has 0 saturated carbocycles. The maximum Gasteiger partial charge on any atom is 0.213 e. The van der Waals surface area contributed by atoms with Crippen molar-refractivity contribution in [2.24, 2.45) is 0 Å². The SMILES string of the molecule is CCS(=O)(=O)N1CCN(CC(=O)c2ccccc2)CC1. The second-order valence-corrected chi connectivity index (χ2v) is 7.12. The van der Waals surface area contributed by atoms with Crippen molar-refractivity contribution in [2.75, 3.05) is 38.5 Å². The van der Waals surface area contributed by atoms with Gasteiger partial charge < -0.3 is 0 Å². The Labute approximate surface area is 120 Å². The highest BCUT2D eigenvalue weighted by atomic mass is 32.2. The molecule has 1 heterocycles. The van der Waals surface area contributed by atoms with E-state index in [1.54, 1.807) is 19.1 Å². The summed E-state index contributed by atoms with van der Waals surface area (Å²) in [4.78, 5) is 14.1. The third kappa shape index (κ3) is 3.65. The first-order chi connectivity index (χ1) is 9.53. The van der Waals surface area contributed by atoms with Crippen molar-refractivity contribution in [1.29, 1.82) is 0 Å². The highest BCUT2D eigenvalue weighted by Crippen LogP contribution is 2.09. The highest BCUT2D eigenvalue weighted by molar-refractivity contribution is 7.89. The van der Waals surface area contributed by atoms with E-state index in [2.05, 4.69) is 0 Å². The zero-order chi connectivity index (χ0) is 14.6. The minimum Gasteiger partial charge on any atom is -0.293 e. The largest absolute Gasteiger partial charge is 0.293 e. The average Bonchev–Trinajstić information content (AvgIpc) is 2.48. The van der Waals surface area contributed by atoms with Gasteiger partial charge in [0.1, 0.15) is 0 Å². The van der Waals surface area contributed by atoms with Gasteiger partial charge in [0.25, 0.3) is 0 Å². The number of piperazine rings is 1. The standard InChI is InChI=1S/C14H20N2O3S/c1-2-20(18,19)16-10-8-15(9-11-16)12-14(17)13-6-4-3-5-7-13/h3-7H,2,8-12H2,1H3. The smallest absolute Gasteiger partial charge is 0.213 e. The summed E-state index contributed by atoms with van der Waals surface area (Å²) in [5, 5.41) is 0. The highest BCUT2D eigenvalue weighted by Gasteiger charge is 2.26. The minimum atomic E-state index is -3.10. The van der Waals surface area contributed by atoms with E-state index >= 15 is 0 Å². The number of sulfonamides is 1. The monoisotopic (exact) mass is 296 g/mol. The van der Waals surface area contributed by atoms with Gasteiger partial charge in [0.15, 0.2) is 5.78 Å². The summed E-state index contributed by atoms with van der Waals surface area (Å²) in [5.74, 6) is 0.216. The lowest BCUT2D eigenvalue weighted by Gasteiger charge is -2.33. The molecule has 0 aliphatic carbocycles. The van der Waals surface area contributed by atoms with Gasteiger partial charge in [-0.1, -0.05) is 30.3 Å². The van der Waals surface area contributed by atoms with Gasteiger partial charge >= 0.3 is 0 Å². The number of benzene rings is 1. The molecular formula is C14H20N2O3S. The first-order valence-electron chi connectivity index (χ1n) is 6.81. The molecule has 0 bridgehead atoms. The van der Waals surface area contributed by atoms with E-state index in [0.29, 0.717) is 38.3 Å². The fourth-order valence-corrected chi connectivity index (χ4v) is 3.35. The van der Waals surface area contributed by atoms with Gasteiger partial charge in [-0.15, -0.1) is 0 Å². The molecule has 110 valence electrons. The van der Waals surface area contributed by atoms with Gasteiger partial charge in [-0.05, 0) is 6.92 Å². The molecule has 1 aliphatic heterocycles. The van der Waals surface area contributed by atoms with Crippen LogP contribution in [0, 0.1) is 0 Å². The lowest BCUT2D eigenvalue weighted by atomic mass is 10.1. The maximum absolute atomic E-state index is 12.1. The zero-order valence-corrected chi connectivity index (χ0v) is 12.5. The summed E-state index contributed by atoms with van der Waals surface area (Å²) in [6.07, 6.45) is 0. The van der Waals surface area contributed by atoms with E-state index in [4.69, 9.17) is 0 Å². The van der Waals surface area contributed by atoms with Crippen molar-refractivity contribution in [2.45, 2.75) is 6.92 Å². The molecule has 2 rings (SSSR count). The molecule has 0 amide bonds. The van der Waals surface area contributed by atoms with Gasteiger partial charge in [-0.2, -0.15) is 4.31 Å². The van der Waals surface area contributed by atoms with Crippen molar-refractivity contribution in [3.8, 4) is 0 Å². The van der Waals surface area contributed by atoms with Gasteiger partial charge in [0.05, 0.1) is 12.3 Å². The fraction of sp³-hybridized carbons (Fsp3) is 0.500. The Balaban J connectivity index is 1.88. The summed E-state index contributed by atoms with van der Waals surface area (Å²) >= 11 is 0. The molecule has 0 unspecified atom stereocenters. The average molecular weight is 296 g/mol. The van der Waals surface area contributed by atoms with Crippen LogP contribution >= 0.6 is 0 Å². The van der Waals surface area contributed by atoms with Crippen LogP contribution in [0.4, 0.5) is 0 Å². The fourth-order valence-electron chi connectivity index (χ4n) is 2.27. The second-order valence-electron chi connectivity index (χ2n) is 4.86. The Morgan fingerprint density at radius 3 is 2.25 bits per heavy atom. The Bertz CT molecular complexity index is 549. The van der Waals surface area contributed by atoms with Crippen molar-refractivity contribution in [1.82, 2.24) is 9.21 Å². The van der Waals surface area contributed by atoms with E-state index < -0.39 is 10.0 Å². The van der Waals surface area contributed by atoms with Crippen LogP contribution in [0.25, 0.3) is 0 Å². The van der Waals surface area contributed by atoms with Crippen LogP contribution in [0.5, 0.6) is 0 Å².